The Morgan fingerprint density at radius 1 is 1.44 bits per heavy atom. The Labute approximate surface area is 108 Å². The smallest absolute Gasteiger partial charge is 0.154 e. The van der Waals surface area contributed by atoms with Crippen molar-refractivity contribution in [1.82, 2.24) is 0 Å². The lowest BCUT2D eigenvalue weighted by Gasteiger charge is -2.07. The zero-order valence-electron chi connectivity index (χ0n) is 10.6. The number of rotatable bonds is 7. The molecule has 0 aliphatic heterocycles. The van der Waals surface area contributed by atoms with Crippen molar-refractivity contribution in [1.29, 1.82) is 0 Å². The lowest BCUT2D eigenvalue weighted by atomic mass is 10.3. The molecule has 100 valence electrons. The van der Waals surface area contributed by atoms with E-state index in [9.17, 15) is 8.42 Å². The first-order valence-corrected chi connectivity index (χ1v) is 7.54. The van der Waals surface area contributed by atoms with Crippen LogP contribution in [0.15, 0.2) is 36.4 Å². The highest BCUT2D eigenvalue weighted by Gasteiger charge is 2.10. The third-order valence-electron chi connectivity index (χ3n) is 2.19. The number of hydrogen-bond acceptors (Lipinski definition) is 4. The summed E-state index contributed by atoms with van der Waals surface area (Å²) in [6.07, 6.45) is 0.463. The molecular weight excluding hydrogens is 250 g/mol. The number of hydrogen-bond donors (Lipinski definition) is 1. The summed E-state index contributed by atoms with van der Waals surface area (Å²) in [6, 6.07) is 7.06. The van der Waals surface area contributed by atoms with E-state index in [1.807, 2.05) is 0 Å². The number of benzene rings is 1. The normalized spacial score (nSPS) is 11.2. The van der Waals surface area contributed by atoms with E-state index >= 15 is 0 Å². The van der Waals surface area contributed by atoms with Gasteiger partial charge in [-0.25, -0.2) is 8.42 Å². The summed E-state index contributed by atoms with van der Waals surface area (Å²) in [6.45, 7) is 5.67. The lowest BCUT2D eigenvalue weighted by Crippen LogP contribution is -2.14. The predicted octanol–water partition coefficient (Wildman–Crippen LogP) is 2.03. The van der Waals surface area contributed by atoms with Crippen LogP contribution in [0.5, 0.6) is 5.75 Å². The summed E-state index contributed by atoms with van der Waals surface area (Å²) in [5, 5.41) is 0. The van der Waals surface area contributed by atoms with Crippen LogP contribution >= 0.6 is 0 Å². The van der Waals surface area contributed by atoms with Gasteiger partial charge in [0.05, 0.1) is 18.1 Å². The molecule has 0 saturated heterocycles. The molecule has 1 aromatic rings. The molecule has 0 spiro atoms. The zero-order chi connectivity index (χ0) is 13.6. The second-order valence-electron chi connectivity index (χ2n) is 4.32. The number of ether oxygens (including phenoxy) is 1. The molecule has 5 heteroatoms. The minimum Gasteiger partial charge on any atom is -0.493 e. The first-order valence-electron chi connectivity index (χ1n) is 5.72. The summed E-state index contributed by atoms with van der Waals surface area (Å²) in [7, 11) is -3.05. The van der Waals surface area contributed by atoms with Crippen molar-refractivity contribution in [2.45, 2.75) is 13.3 Å². The molecule has 0 atom stereocenters. The fraction of sp³-hybridized carbons (Fsp3) is 0.385. The van der Waals surface area contributed by atoms with E-state index in [0.29, 0.717) is 30.0 Å². The monoisotopic (exact) mass is 269 g/mol. The van der Waals surface area contributed by atoms with Crippen LogP contribution in [0.2, 0.25) is 0 Å². The highest BCUT2D eigenvalue weighted by atomic mass is 32.2. The van der Waals surface area contributed by atoms with Crippen LogP contribution in [-0.4, -0.2) is 26.5 Å². The van der Waals surface area contributed by atoms with Gasteiger partial charge in [-0.1, -0.05) is 18.2 Å². The van der Waals surface area contributed by atoms with Crippen LogP contribution in [0, 0.1) is 0 Å². The minimum atomic E-state index is -3.05. The van der Waals surface area contributed by atoms with Crippen molar-refractivity contribution in [2.24, 2.45) is 0 Å². The lowest BCUT2D eigenvalue weighted by molar-refractivity contribution is 0.318. The first-order chi connectivity index (χ1) is 8.39. The van der Waals surface area contributed by atoms with Crippen molar-refractivity contribution in [3.8, 4) is 5.75 Å². The Kier molecular flexibility index (Phi) is 5.22. The van der Waals surface area contributed by atoms with Gasteiger partial charge in [-0.15, -0.1) is 0 Å². The SMILES string of the molecule is C=C(C)CS(=O)(=O)CCCOc1cccc(N)c1. The van der Waals surface area contributed by atoms with Crippen molar-refractivity contribution < 1.29 is 13.2 Å². The van der Waals surface area contributed by atoms with E-state index in [4.69, 9.17) is 10.5 Å². The molecule has 2 N–H and O–H groups in total. The highest BCUT2D eigenvalue weighted by molar-refractivity contribution is 7.91. The van der Waals surface area contributed by atoms with Crippen molar-refractivity contribution in [3.05, 3.63) is 36.4 Å². The number of nitrogens with two attached hydrogens (primary N) is 1. The fourth-order valence-corrected chi connectivity index (χ4v) is 2.97. The quantitative estimate of drug-likeness (QED) is 0.467. The van der Waals surface area contributed by atoms with Crippen LogP contribution in [-0.2, 0) is 9.84 Å². The van der Waals surface area contributed by atoms with Crippen molar-refractivity contribution in [3.63, 3.8) is 0 Å². The van der Waals surface area contributed by atoms with Gasteiger partial charge in [-0.2, -0.15) is 0 Å². The average molecular weight is 269 g/mol. The third-order valence-corrected chi connectivity index (χ3v) is 4.04. The second kappa shape index (κ2) is 6.44. The maximum atomic E-state index is 11.6. The topological polar surface area (TPSA) is 69.4 Å². The number of anilines is 1. The van der Waals surface area contributed by atoms with Gasteiger partial charge in [-0.05, 0) is 25.5 Å². The third kappa shape index (κ3) is 5.72. The van der Waals surface area contributed by atoms with E-state index in [-0.39, 0.29) is 11.5 Å². The standard InChI is InChI=1S/C13H19NO3S/c1-11(2)10-18(15,16)8-4-7-17-13-6-3-5-12(14)9-13/h3,5-6,9H,1,4,7-8,10,14H2,2H3. The van der Waals surface area contributed by atoms with Crippen LogP contribution in [0.1, 0.15) is 13.3 Å². The Morgan fingerprint density at radius 3 is 2.78 bits per heavy atom. The van der Waals surface area contributed by atoms with Crippen molar-refractivity contribution in [2.75, 3.05) is 23.8 Å². The molecule has 1 aromatic carbocycles. The maximum Gasteiger partial charge on any atom is 0.154 e. The largest absolute Gasteiger partial charge is 0.493 e. The van der Waals surface area contributed by atoms with Gasteiger partial charge in [0.1, 0.15) is 5.75 Å². The van der Waals surface area contributed by atoms with E-state index in [0.717, 1.165) is 0 Å². The van der Waals surface area contributed by atoms with E-state index in [2.05, 4.69) is 6.58 Å². The van der Waals surface area contributed by atoms with Gasteiger partial charge < -0.3 is 10.5 Å². The summed E-state index contributed by atoms with van der Waals surface area (Å²) >= 11 is 0. The molecule has 0 radical (unpaired) electrons. The Morgan fingerprint density at radius 2 is 2.17 bits per heavy atom. The molecule has 4 nitrogen and oxygen atoms in total. The maximum absolute atomic E-state index is 11.6. The fourth-order valence-electron chi connectivity index (χ4n) is 1.52. The van der Waals surface area contributed by atoms with Gasteiger partial charge in [0.15, 0.2) is 9.84 Å². The molecule has 0 amide bonds. The van der Waals surface area contributed by atoms with Crippen molar-refractivity contribution >= 4 is 15.5 Å². The molecule has 0 bridgehead atoms. The van der Waals surface area contributed by atoms with Gasteiger partial charge >= 0.3 is 0 Å². The molecule has 0 aromatic heterocycles. The molecule has 0 unspecified atom stereocenters. The molecule has 0 fully saturated rings. The number of nitrogen functional groups attached to an aromatic ring is 1. The molecular formula is C13H19NO3S. The second-order valence-corrected chi connectivity index (χ2v) is 6.51. The Bertz CT molecular complexity index is 509. The molecule has 0 aliphatic rings. The Balaban J connectivity index is 2.33. The average Bonchev–Trinajstić information content (AvgIpc) is 2.23. The summed E-state index contributed by atoms with van der Waals surface area (Å²) in [5.41, 5.74) is 6.89. The number of sulfone groups is 1. The van der Waals surface area contributed by atoms with E-state index in [1.54, 1.807) is 31.2 Å². The van der Waals surface area contributed by atoms with Gasteiger partial charge in [0.2, 0.25) is 0 Å². The van der Waals surface area contributed by atoms with Gasteiger partial charge in [0, 0.05) is 11.8 Å². The molecule has 18 heavy (non-hydrogen) atoms. The van der Waals surface area contributed by atoms with Crippen LogP contribution in [0.3, 0.4) is 0 Å². The first kappa shape index (κ1) is 14.6. The zero-order valence-corrected chi connectivity index (χ0v) is 11.4. The van der Waals surface area contributed by atoms with Crippen LogP contribution < -0.4 is 10.5 Å². The van der Waals surface area contributed by atoms with Crippen LogP contribution in [0.4, 0.5) is 5.69 Å². The Hall–Kier alpha value is -1.49. The molecule has 0 saturated carbocycles. The van der Waals surface area contributed by atoms with E-state index < -0.39 is 9.84 Å². The summed E-state index contributed by atoms with van der Waals surface area (Å²) < 4.78 is 28.6. The predicted molar refractivity (Wildman–Crippen MR) is 74.4 cm³/mol. The summed E-state index contributed by atoms with van der Waals surface area (Å²) in [5.74, 6) is 0.820. The van der Waals surface area contributed by atoms with Gasteiger partial charge in [-0.3, -0.25) is 0 Å². The highest BCUT2D eigenvalue weighted by Crippen LogP contribution is 2.14. The van der Waals surface area contributed by atoms with Crippen LogP contribution in [0.25, 0.3) is 0 Å². The van der Waals surface area contributed by atoms with Gasteiger partial charge in [0.25, 0.3) is 0 Å². The summed E-state index contributed by atoms with van der Waals surface area (Å²) in [4.78, 5) is 0. The van der Waals surface area contributed by atoms with E-state index in [1.165, 1.54) is 0 Å². The minimum absolute atomic E-state index is 0.0469. The molecule has 1 rings (SSSR count). The molecule has 0 heterocycles. The molecule has 0 aliphatic carbocycles.